The highest BCUT2D eigenvalue weighted by atomic mass is 32.1. The lowest BCUT2D eigenvalue weighted by molar-refractivity contribution is 0.383. The van der Waals surface area contributed by atoms with E-state index in [1.165, 1.54) is 6.42 Å². The second-order valence-corrected chi connectivity index (χ2v) is 5.29. The standard InChI is InChI=1S/C10H17N3S/c1-8-5-14-9(12-8)13-4-3-10(2,6-11)7-13/h5H,3-4,6-7,11H2,1-2H3. The Hall–Kier alpha value is -0.610. The van der Waals surface area contributed by atoms with Crippen molar-refractivity contribution in [2.45, 2.75) is 20.3 Å². The van der Waals surface area contributed by atoms with Crippen LogP contribution in [0.25, 0.3) is 0 Å². The molecular weight excluding hydrogens is 194 g/mol. The van der Waals surface area contributed by atoms with Gasteiger partial charge in [0.2, 0.25) is 0 Å². The molecule has 0 aliphatic carbocycles. The molecule has 0 saturated carbocycles. The number of hydrogen-bond acceptors (Lipinski definition) is 4. The number of hydrogen-bond donors (Lipinski definition) is 1. The number of thiazole rings is 1. The summed E-state index contributed by atoms with van der Waals surface area (Å²) < 4.78 is 0. The molecule has 0 aromatic carbocycles. The molecule has 0 bridgehead atoms. The molecule has 1 saturated heterocycles. The number of aryl methyl sites for hydroxylation is 1. The summed E-state index contributed by atoms with van der Waals surface area (Å²) in [6.07, 6.45) is 1.18. The number of aromatic nitrogens is 1. The van der Waals surface area contributed by atoms with E-state index in [2.05, 4.69) is 22.2 Å². The van der Waals surface area contributed by atoms with E-state index in [4.69, 9.17) is 5.73 Å². The van der Waals surface area contributed by atoms with Crippen LogP contribution in [0.4, 0.5) is 5.13 Å². The molecule has 0 amide bonds. The van der Waals surface area contributed by atoms with Gasteiger partial charge in [-0.3, -0.25) is 0 Å². The fourth-order valence-electron chi connectivity index (χ4n) is 1.84. The van der Waals surface area contributed by atoms with Crippen molar-refractivity contribution in [2.75, 3.05) is 24.5 Å². The summed E-state index contributed by atoms with van der Waals surface area (Å²) in [6, 6.07) is 0. The SMILES string of the molecule is Cc1csc(N2CCC(C)(CN)C2)n1. The topological polar surface area (TPSA) is 42.1 Å². The van der Waals surface area contributed by atoms with Gasteiger partial charge in [-0.25, -0.2) is 4.98 Å². The third kappa shape index (κ3) is 1.77. The third-order valence-electron chi connectivity index (χ3n) is 2.93. The van der Waals surface area contributed by atoms with Crippen LogP contribution in [0, 0.1) is 12.3 Å². The zero-order chi connectivity index (χ0) is 10.2. The van der Waals surface area contributed by atoms with Gasteiger partial charge >= 0.3 is 0 Å². The first-order valence-corrected chi connectivity index (χ1v) is 5.88. The van der Waals surface area contributed by atoms with Crippen molar-refractivity contribution in [1.82, 2.24) is 4.98 Å². The predicted molar refractivity (Wildman–Crippen MR) is 60.8 cm³/mol. The molecule has 0 radical (unpaired) electrons. The Kier molecular flexibility index (Phi) is 2.49. The molecule has 3 nitrogen and oxygen atoms in total. The highest BCUT2D eigenvalue weighted by Gasteiger charge is 2.33. The first-order valence-electron chi connectivity index (χ1n) is 5.00. The zero-order valence-electron chi connectivity index (χ0n) is 8.79. The molecule has 1 atom stereocenters. The van der Waals surface area contributed by atoms with Crippen molar-refractivity contribution in [3.05, 3.63) is 11.1 Å². The number of nitrogens with two attached hydrogens (primary N) is 1. The Labute approximate surface area is 88.9 Å². The Bertz CT molecular complexity index is 323. The Morgan fingerprint density at radius 3 is 3.00 bits per heavy atom. The molecule has 1 aliphatic rings. The van der Waals surface area contributed by atoms with Crippen molar-refractivity contribution in [1.29, 1.82) is 0 Å². The van der Waals surface area contributed by atoms with Crippen LogP contribution in [-0.4, -0.2) is 24.6 Å². The molecule has 1 aromatic heterocycles. The van der Waals surface area contributed by atoms with Crippen LogP contribution in [0.5, 0.6) is 0 Å². The van der Waals surface area contributed by atoms with E-state index in [0.717, 1.165) is 30.5 Å². The first kappa shape index (κ1) is 9.93. The highest BCUT2D eigenvalue weighted by Crippen LogP contribution is 2.33. The van der Waals surface area contributed by atoms with E-state index < -0.39 is 0 Å². The second kappa shape index (κ2) is 3.51. The van der Waals surface area contributed by atoms with Gasteiger partial charge in [0.05, 0.1) is 5.69 Å². The average Bonchev–Trinajstić information content (AvgIpc) is 2.73. The Morgan fingerprint density at radius 1 is 1.71 bits per heavy atom. The molecule has 4 heteroatoms. The van der Waals surface area contributed by atoms with Crippen molar-refractivity contribution < 1.29 is 0 Å². The van der Waals surface area contributed by atoms with E-state index in [0.29, 0.717) is 5.41 Å². The molecule has 2 heterocycles. The van der Waals surface area contributed by atoms with Gasteiger partial charge in [0.15, 0.2) is 5.13 Å². The fourth-order valence-corrected chi connectivity index (χ4v) is 2.67. The number of nitrogens with zero attached hydrogens (tertiary/aromatic N) is 2. The first-order chi connectivity index (χ1) is 6.63. The number of anilines is 1. The third-order valence-corrected chi connectivity index (χ3v) is 3.95. The monoisotopic (exact) mass is 211 g/mol. The van der Waals surface area contributed by atoms with Crippen LogP contribution in [0.3, 0.4) is 0 Å². The fraction of sp³-hybridized carbons (Fsp3) is 0.700. The molecule has 1 unspecified atom stereocenters. The zero-order valence-corrected chi connectivity index (χ0v) is 9.60. The van der Waals surface area contributed by atoms with Crippen LogP contribution in [0.15, 0.2) is 5.38 Å². The molecule has 14 heavy (non-hydrogen) atoms. The van der Waals surface area contributed by atoms with E-state index in [1.54, 1.807) is 11.3 Å². The minimum atomic E-state index is 0.291. The lowest BCUT2D eigenvalue weighted by Crippen LogP contribution is -2.31. The maximum atomic E-state index is 5.77. The normalized spacial score (nSPS) is 27.2. The van der Waals surface area contributed by atoms with Crippen LogP contribution < -0.4 is 10.6 Å². The van der Waals surface area contributed by atoms with Crippen molar-refractivity contribution in [3.63, 3.8) is 0 Å². The smallest absolute Gasteiger partial charge is 0.185 e. The molecule has 2 rings (SSSR count). The van der Waals surface area contributed by atoms with Gasteiger partial charge in [0.1, 0.15) is 0 Å². The average molecular weight is 211 g/mol. The van der Waals surface area contributed by atoms with Gasteiger partial charge in [-0.2, -0.15) is 0 Å². The van der Waals surface area contributed by atoms with Crippen LogP contribution >= 0.6 is 11.3 Å². The lowest BCUT2D eigenvalue weighted by Gasteiger charge is -2.21. The highest BCUT2D eigenvalue weighted by molar-refractivity contribution is 7.13. The largest absolute Gasteiger partial charge is 0.347 e. The summed E-state index contributed by atoms with van der Waals surface area (Å²) in [4.78, 5) is 6.85. The van der Waals surface area contributed by atoms with Gasteiger partial charge in [-0.15, -0.1) is 11.3 Å². The van der Waals surface area contributed by atoms with E-state index in [-0.39, 0.29) is 0 Å². The van der Waals surface area contributed by atoms with Crippen LogP contribution in [0.2, 0.25) is 0 Å². The van der Waals surface area contributed by atoms with E-state index in [1.807, 2.05) is 6.92 Å². The van der Waals surface area contributed by atoms with Crippen molar-refractivity contribution in [3.8, 4) is 0 Å². The van der Waals surface area contributed by atoms with Gasteiger partial charge in [0, 0.05) is 18.5 Å². The molecule has 1 fully saturated rings. The summed E-state index contributed by atoms with van der Waals surface area (Å²) in [5.41, 5.74) is 7.18. The summed E-state index contributed by atoms with van der Waals surface area (Å²) >= 11 is 1.73. The van der Waals surface area contributed by atoms with E-state index in [9.17, 15) is 0 Å². The molecule has 78 valence electrons. The van der Waals surface area contributed by atoms with Gasteiger partial charge < -0.3 is 10.6 Å². The summed E-state index contributed by atoms with van der Waals surface area (Å²) in [5, 5.41) is 3.26. The van der Waals surface area contributed by atoms with Crippen LogP contribution in [-0.2, 0) is 0 Å². The summed E-state index contributed by atoms with van der Waals surface area (Å²) in [6.45, 7) is 7.22. The predicted octanol–water partition coefficient (Wildman–Crippen LogP) is 1.63. The van der Waals surface area contributed by atoms with Crippen molar-refractivity contribution in [2.24, 2.45) is 11.1 Å². The Morgan fingerprint density at radius 2 is 2.50 bits per heavy atom. The van der Waals surface area contributed by atoms with E-state index >= 15 is 0 Å². The maximum absolute atomic E-state index is 5.77. The minimum absolute atomic E-state index is 0.291. The summed E-state index contributed by atoms with van der Waals surface area (Å²) in [7, 11) is 0. The minimum Gasteiger partial charge on any atom is -0.347 e. The van der Waals surface area contributed by atoms with Gasteiger partial charge in [-0.1, -0.05) is 6.92 Å². The van der Waals surface area contributed by atoms with Gasteiger partial charge in [0.25, 0.3) is 0 Å². The quantitative estimate of drug-likeness (QED) is 0.808. The molecule has 1 aromatic rings. The molecule has 0 spiro atoms. The molecule has 2 N–H and O–H groups in total. The summed E-state index contributed by atoms with van der Waals surface area (Å²) in [5.74, 6) is 0. The Balaban J connectivity index is 2.09. The number of rotatable bonds is 2. The van der Waals surface area contributed by atoms with Gasteiger partial charge in [-0.05, 0) is 25.3 Å². The molecule has 1 aliphatic heterocycles. The molecular formula is C10H17N3S. The lowest BCUT2D eigenvalue weighted by atomic mass is 9.90. The van der Waals surface area contributed by atoms with Crippen LogP contribution in [0.1, 0.15) is 19.0 Å². The second-order valence-electron chi connectivity index (χ2n) is 4.46. The maximum Gasteiger partial charge on any atom is 0.185 e. The van der Waals surface area contributed by atoms with Crippen molar-refractivity contribution >= 4 is 16.5 Å².